The molecular formula is C11H15KO4. The maximum atomic E-state index is 9.93. The molecule has 84 valence electrons. The summed E-state index contributed by atoms with van der Waals surface area (Å²) in [4.78, 5) is 9.93. The number of hydrogen-bond acceptors (Lipinski definition) is 4. The van der Waals surface area contributed by atoms with E-state index in [0.29, 0.717) is 19.5 Å². The molecule has 0 aromatic heterocycles. The molecule has 0 amide bonds. The second-order valence-electron chi connectivity index (χ2n) is 2.77. The fraction of sp³-hybridized carbons (Fsp3) is 0.364. The van der Waals surface area contributed by atoms with Crippen molar-refractivity contribution in [3.05, 3.63) is 24.3 Å². The SMILES string of the molecule is COc1ccc(OCCOCC=O)cc1.[H-].[K+]. The fourth-order valence-electron chi connectivity index (χ4n) is 1.02. The van der Waals surface area contributed by atoms with E-state index >= 15 is 0 Å². The summed E-state index contributed by atoms with van der Waals surface area (Å²) < 4.78 is 15.3. The number of methoxy groups -OCH3 is 1. The zero-order valence-electron chi connectivity index (χ0n) is 10.6. The number of carbonyl (C=O) groups excluding carboxylic acids is 1. The maximum absolute atomic E-state index is 9.93. The predicted molar refractivity (Wildman–Crippen MR) is 56.5 cm³/mol. The van der Waals surface area contributed by atoms with Gasteiger partial charge in [-0.3, -0.25) is 0 Å². The van der Waals surface area contributed by atoms with E-state index in [9.17, 15) is 4.79 Å². The van der Waals surface area contributed by atoms with Crippen LogP contribution in [0.2, 0.25) is 0 Å². The van der Waals surface area contributed by atoms with Crippen LogP contribution in [-0.4, -0.2) is 33.2 Å². The van der Waals surface area contributed by atoms with Crippen molar-refractivity contribution in [3.8, 4) is 11.5 Å². The molecule has 0 saturated carbocycles. The molecule has 0 aliphatic heterocycles. The minimum Gasteiger partial charge on any atom is -1.00 e. The summed E-state index contributed by atoms with van der Waals surface area (Å²) in [5, 5.41) is 0. The number of aldehydes is 1. The van der Waals surface area contributed by atoms with Crippen LogP contribution in [0.3, 0.4) is 0 Å². The molecular weight excluding hydrogens is 235 g/mol. The molecule has 5 heteroatoms. The fourth-order valence-corrected chi connectivity index (χ4v) is 1.02. The van der Waals surface area contributed by atoms with E-state index in [0.717, 1.165) is 11.5 Å². The Balaban J connectivity index is 0. The van der Waals surface area contributed by atoms with Gasteiger partial charge in [0.1, 0.15) is 31.0 Å². The van der Waals surface area contributed by atoms with Crippen LogP contribution < -0.4 is 60.9 Å². The van der Waals surface area contributed by atoms with Gasteiger partial charge >= 0.3 is 51.4 Å². The van der Waals surface area contributed by atoms with Gasteiger partial charge in [-0.05, 0) is 24.3 Å². The minimum atomic E-state index is 0. The van der Waals surface area contributed by atoms with Crippen molar-refractivity contribution in [2.24, 2.45) is 0 Å². The molecule has 4 nitrogen and oxygen atoms in total. The molecule has 1 rings (SSSR count). The molecule has 0 spiro atoms. The number of ether oxygens (including phenoxy) is 3. The first-order valence-electron chi connectivity index (χ1n) is 4.65. The van der Waals surface area contributed by atoms with Gasteiger partial charge in [0, 0.05) is 0 Å². The molecule has 0 N–H and O–H groups in total. The van der Waals surface area contributed by atoms with Gasteiger partial charge in [-0.1, -0.05) is 0 Å². The van der Waals surface area contributed by atoms with Crippen molar-refractivity contribution in [1.82, 2.24) is 0 Å². The van der Waals surface area contributed by atoms with Crippen LogP contribution in [0.25, 0.3) is 0 Å². The summed E-state index contributed by atoms with van der Waals surface area (Å²) in [5.41, 5.74) is 0. The molecule has 1 aromatic rings. The first-order chi connectivity index (χ1) is 7.36. The number of carbonyl (C=O) groups is 1. The largest absolute Gasteiger partial charge is 1.00 e. The van der Waals surface area contributed by atoms with E-state index in [1.807, 2.05) is 24.3 Å². The van der Waals surface area contributed by atoms with Crippen LogP contribution in [0, 0.1) is 0 Å². The van der Waals surface area contributed by atoms with Crippen LogP contribution in [-0.2, 0) is 9.53 Å². The summed E-state index contributed by atoms with van der Waals surface area (Å²) in [5.74, 6) is 1.55. The van der Waals surface area contributed by atoms with Crippen molar-refractivity contribution < 1.29 is 71.8 Å². The monoisotopic (exact) mass is 250 g/mol. The Morgan fingerprint density at radius 2 is 1.81 bits per heavy atom. The molecule has 0 heterocycles. The third-order valence-corrected chi connectivity index (χ3v) is 1.74. The summed E-state index contributed by atoms with van der Waals surface area (Å²) >= 11 is 0. The molecule has 0 unspecified atom stereocenters. The van der Waals surface area contributed by atoms with E-state index in [1.54, 1.807) is 7.11 Å². The first-order valence-corrected chi connectivity index (χ1v) is 4.65. The van der Waals surface area contributed by atoms with Crippen LogP contribution in [0.15, 0.2) is 24.3 Å². The summed E-state index contributed by atoms with van der Waals surface area (Å²) in [6.07, 6.45) is 0.716. The maximum Gasteiger partial charge on any atom is 1.00 e. The zero-order valence-corrected chi connectivity index (χ0v) is 12.8. The van der Waals surface area contributed by atoms with E-state index in [2.05, 4.69) is 0 Å². The Morgan fingerprint density at radius 3 is 2.38 bits per heavy atom. The predicted octanol–water partition coefficient (Wildman–Crippen LogP) is -1.59. The Hall–Kier alpha value is 0.0864. The summed E-state index contributed by atoms with van der Waals surface area (Å²) in [7, 11) is 1.61. The topological polar surface area (TPSA) is 44.8 Å². The standard InChI is InChI=1S/C11H14O4.K.H/c1-13-10-2-4-11(5-3-10)15-9-8-14-7-6-12;;/h2-6H,7-9H2,1H3;;/q;+1;-1. The second-order valence-corrected chi connectivity index (χ2v) is 2.77. The van der Waals surface area contributed by atoms with Gasteiger partial charge in [0.15, 0.2) is 0 Å². The Bertz CT molecular complexity index is 292. The van der Waals surface area contributed by atoms with Crippen LogP contribution >= 0.6 is 0 Å². The van der Waals surface area contributed by atoms with Gasteiger partial charge in [0.05, 0.1) is 13.7 Å². The molecule has 1 aromatic carbocycles. The molecule has 0 saturated heterocycles. The van der Waals surface area contributed by atoms with Gasteiger partial charge < -0.3 is 20.4 Å². The molecule has 0 radical (unpaired) electrons. The molecule has 0 aliphatic carbocycles. The van der Waals surface area contributed by atoms with E-state index in [-0.39, 0.29) is 59.4 Å². The van der Waals surface area contributed by atoms with Gasteiger partial charge in [-0.25, -0.2) is 0 Å². The average molecular weight is 250 g/mol. The third kappa shape index (κ3) is 6.62. The minimum absolute atomic E-state index is 0. The van der Waals surface area contributed by atoms with Crippen molar-refractivity contribution in [2.45, 2.75) is 0 Å². The van der Waals surface area contributed by atoms with E-state index in [1.165, 1.54) is 0 Å². The van der Waals surface area contributed by atoms with Crippen molar-refractivity contribution in [3.63, 3.8) is 0 Å². The first kappa shape index (κ1) is 16.1. The molecule has 16 heavy (non-hydrogen) atoms. The van der Waals surface area contributed by atoms with Crippen molar-refractivity contribution >= 4 is 6.29 Å². The Morgan fingerprint density at radius 1 is 1.19 bits per heavy atom. The smallest absolute Gasteiger partial charge is 1.00 e. The van der Waals surface area contributed by atoms with Gasteiger partial charge in [0.2, 0.25) is 0 Å². The third-order valence-electron chi connectivity index (χ3n) is 1.74. The van der Waals surface area contributed by atoms with Gasteiger partial charge in [-0.15, -0.1) is 0 Å². The number of rotatable bonds is 7. The average Bonchev–Trinajstić information content (AvgIpc) is 2.30. The number of benzene rings is 1. The summed E-state index contributed by atoms with van der Waals surface area (Å²) in [6, 6.07) is 7.28. The molecule has 0 aliphatic rings. The Labute approximate surface area is 139 Å². The number of hydrogen-bond donors (Lipinski definition) is 0. The van der Waals surface area contributed by atoms with E-state index < -0.39 is 0 Å². The van der Waals surface area contributed by atoms with Crippen LogP contribution in [0.5, 0.6) is 11.5 Å². The molecule has 0 atom stereocenters. The zero-order chi connectivity index (χ0) is 10.9. The van der Waals surface area contributed by atoms with Gasteiger partial charge in [-0.2, -0.15) is 0 Å². The van der Waals surface area contributed by atoms with E-state index in [4.69, 9.17) is 14.2 Å². The van der Waals surface area contributed by atoms with Crippen LogP contribution in [0.1, 0.15) is 1.43 Å². The molecule has 0 fully saturated rings. The quantitative estimate of drug-likeness (QED) is 0.332. The Kier molecular flexibility index (Phi) is 10.3. The summed E-state index contributed by atoms with van der Waals surface area (Å²) in [6.45, 7) is 0.955. The second kappa shape index (κ2) is 10.3. The molecule has 0 bridgehead atoms. The van der Waals surface area contributed by atoms with Crippen LogP contribution in [0.4, 0.5) is 0 Å². The van der Waals surface area contributed by atoms with Crippen molar-refractivity contribution in [2.75, 3.05) is 26.9 Å². The normalized spacial score (nSPS) is 9.06. The van der Waals surface area contributed by atoms with Crippen molar-refractivity contribution in [1.29, 1.82) is 0 Å². The van der Waals surface area contributed by atoms with Gasteiger partial charge in [0.25, 0.3) is 0 Å².